The molecule has 1 spiro atoms. The molecule has 0 N–H and O–H groups in total. The second kappa shape index (κ2) is 4.69. The zero-order valence-corrected chi connectivity index (χ0v) is 14.2. The highest BCUT2D eigenvalue weighted by Gasteiger charge is 2.45. The third-order valence-corrected chi connectivity index (χ3v) is 5.75. The Kier molecular flexibility index (Phi) is 2.72. The van der Waals surface area contributed by atoms with Gasteiger partial charge in [-0.25, -0.2) is 0 Å². The number of hydrogen-bond donors (Lipinski definition) is 0. The van der Waals surface area contributed by atoms with Crippen LogP contribution in [-0.2, 0) is 5.41 Å². The van der Waals surface area contributed by atoms with Crippen LogP contribution < -0.4 is 0 Å². The Bertz CT molecular complexity index is 967. The molecule has 0 saturated carbocycles. The van der Waals surface area contributed by atoms with Crippen molar-refractivity contribution in [1.29, 1.82) is 0 Å². The average Bonchev–Trinajstić information content (AvgIpc) is 2.86. The lowest BCUT2D eigenvalue weighted by molar-refractivity contribution is 0.638. The van der Waals surface area contributed by atoms with E-state index >= 15 is 0 Å². The SMILES string of the molecule is Brc1ccc2c(c1)C1(CC=Cc3ccccc31)c1ccccc1-2. The molecule has 0 aliphatic heterocycles. The van der Waals surface area contributed by atoms with Gasteiger partial charge in [0, 0.05) is 4.47 Å². The quantitative estimate of drug-likeness (QED) is 0.450. The van der Waals surface area contributed by atoms with Crippen molar-refractivity contribution in [2.75, 3.05) is 0 Å². The van der Waals surface area contributed by atoms with Crippen molar-refractivity contribution in [2.24, 2.45) is 0 Å². The van der Waals surface area contributed by atoms with Crippen molar-refractivity contribution in [1.82, 2.24) is 0 Å². The lowest BCUT2D eigenvalue weighted by Crippen LogP contribution is -2.28. The van der Waals surface area contributed by atoms with Crippen molar-refractivity contribution in [3.05, 3.63) is 99.5 Å². The smallest absolute Gasteiger partial charge is 0.0504 e. The fraction of sp³-hybridized carbons (Fsp3) is 0.0909. The lowest BCUT2D eigenvalue weighted by Gasteiger charge is -2.35. The first-order valence-electron chi connectivity index (χ1n) is 7.97. The summed E-state index contributed by atoms with van der Waals surface area (Å²) in [5.41, 5.74) is 8.30. The fourth-order valence-electron chi connectivity index (χ4n) is 4.35. The Morgan fingerprint density at radius 3 is 2.39 bits per heavy atom. The summed E-state index contributed by atoms with van der Waals surface area (Å²) in [6, 6.07) is 24.4. The summed E-state index contributed by atoms with van der Waals surface area (Å²) in [5.74, 6) is 0. The van der Waals surface area contributed by atoms with Gasteiger partial charge < -0.3 is 0 Å². The maximum absolute atomic E-state index is 3.68. The minimum atomic E-state index is -0.0545. The zero-order chi connectivity index (χ0) is 15.4. The monoisotopic (exact) mass is 358 g/mol. The molecule has 3 aromatic rings. The van der Waals surface area contributed by atoms with Gasteiger partial charge in [-0.05, 0) is 51.9 Å². The lowest BCUT2D eigenvalue weighted by atomic mass is 9.66. The van der Waals surface area contributed by atoms with E-state index in [4.69, 9.17) is 0 Å². The molecule has 0 heterocycles. The summed E-state index contributed by atoms with van der Waals surface area (Å²) in [5, 5.41) is 0. The second-order valence-corrected chi connectivity index (χ2v) is 7.25. The van der Waals surface area contributed by atoms with E-state index in [2.05, 4.69) is 94.8 Å². The van der Waals surface area contributed by atoms with Crippen molar-refractivity contribution in [2.45, 2.75) is 11.8 Å². The van der Waals surface area contributed by atoms with Crippen molar-refractivity contribution in [3.63, 3.8) is 0 Å². The van der Waals surface area contributed by atoms with Gasteiger partial charge >= 0.3 is 0 Å². The number of hydrogen-bond acceptors (Lipinski definition) is 0. The zero-order valence-electron chi connectivity index (χ0n) is 12.6. The average molecular weight is 359 g/mol. The first-order valence-corrected chi connectivity index (χ1v) is 8.76. The van der Waals surface area contributed by atoms with Crippen LogP contribution in [0.5, 0.6) is 0 Å². The van der Waals surface area contributed by atoms with E-state index in [1.165, 1.54) is 33.4 Å². The van der Waals surface area contributed by atoms with Crippen LogP contribution in [-0.4, -0.2) is 0 Å². The molecule has 1 unspecified atom stereocenters. The molecule has 0 amide bonds. The van der Waals surface area contributed by atoms with E-state index in [1.54, 1.807) is 0 Å². The Labute approximate surface area is 144 Å². The molecule has 110 valence electrons. The van der Waals surface area contributed by atoms with Gasteiger partial charge in [-0.2, -0.15) is 0 Å². The molecule has 1 heteroatoms. The van der Waals surface area contributed by atoms with Crippen LogP contribution >= 0.6 is 15.9 Å². The predicted molar refractivity (Wildman–Crippen MR) is 99.6 cm³/mol. The van der Waals surface area contributed by atoms with Crippen molar-refractivity contribution >= 4 is 22.0 Å². The Hall–Kier alpha value is -2.12. The normalized spacial score (nSPS) is 20.2. The van der Waals surface area contributed by atoms with Gasteiger partial charge in [0.2, 0.25) is 0 Å². The summed E-state index contributed by atoms with van der Waals surface area (Å²) >= 11 is 3.68. The Morgan fingerprint density at radius 2 is 1.48 bits per heavy atom. The molecule has 0 aromatic heterocycles. The molecule has 0 saturated heterocycles. The molecule has 0 bridgehead atoms. The highest BCUT2D eigenvalue weighted by atomic mass is 79.9. The van der Waals surface area contributed by atoms with Crippen LogP contribution in [0.15, 0.2) is 77.3 Å². The molecular weight excluding hydrogens is 344 g/mol. The molecule has 2 aliphatic rings. The van der Waals surface area contributed by atoms with Crippen LogP contribution in [0.25, 0.3) is 17.2 Å². The number of allylic oxidation sites excluding steroid dienone is 1. The van der Waals surface area contributed by atoms with Gasteiger partial charge in [0.1, 0.15) is 0 Å². The van der Waals surface area contributed by atoms with Crippen LogP contribution in [0.4, 0.5) is 0 Å². The minimum absolute atomic E-state index is 0.0545. The van der Waals surface area contributed by atoms with E-state index in [9.17, 15) is 0 Å². The summed E-state index contributed by atoms with van der Waals surface area (Å²) in [6.07, 6.45) is 5.61. The van der Waals surface area contributed by atoms with Crippen LogP contribution in [0, 0.1) is 0 Å². The van der Waals surface area contributed by atoms with Crippen LogP contribution in [0.1, 0.15) is 28.7 Å². The van der Waals surface area contributed by atoms with Crippen molar-refractivity contribution < 1.29 is 0 Å². The molecule has 0 radical (unpaired) electrons. The van der Waals surface area contributed by atoms with E-state index in [1.807, 2.05) is 0 Å². The number of rotatable bonds is 0. The molecule has 0 fully saturated rings. The van der Waals surface area contributed by atoms with E-state index in [0.29, 0.717) is 0 Å². The molecule has 2 aliphatic carbocycles. The van der Waals surface area contributed by atoms with Gasteiger partial charge in [0.15, 0.2) is 0 Å². The predicted octanol–water partition coefficient (Wildman–Crippen LogP) is 6.18. The number of fused-ring (bicyclic) bond motifs is 7. The summed E-state index contributed by atoms with van der Waals surface area (Å²) in [6.45, 7) is 0. The molecule has 23 heavy (non-hydrogen) atoms. The standard InChI is InChI=1S/C22H15Br/c23-16-11-12-18-17-8-2-4-10-20(17)22(21(18)14-16)13-5-7-15-6-1-3-9-19(15)22/h1-12,14H,13H2. The van der Waals surface area contributed by atoms with Gasteiger partial charge in [-0.1, -0.05) is 82.7 Å². The first-order chi connectivity index (χ1) is 11.3. The molecule has 5 rings (SSSR count). The maximum Gasteiger partial charge on any atom is 0.0504 e. The summed E-state index contributed by atoms with van der Waals surface area (Å²) < 4.78 is 1.15. The Morgan fingerprint density at radius 1 is 0.739 bits per heavy atom. The molecule has 1 atom stereocenters. The molecular formula is C22H15Br. The Balaban J connectivity index is 1.95. The number of benzene rings is 3. The summed E-state index contributed by atoms with van der Waals surface area (Å²) in [4.78, 5) is 0. The second-order valence-electron chi connectivity index (χ2n) is 6.33. The van der Waals surface area contributed by atoms with E-state index < -0.39 is 0 Å². The van der Waals surface area contributed by atoms with Gasteiger partial charge in [0.25, 0.3) is 0 Å². The maximum atomic E-state index is 3.68. The van der Waals surface area contributed by atoms with Crippen molar-refractivity contribution in [3.8, 4) is 11.1 Å². The fourth-order valence-corrected chi connectivity index (χ4v) is 4.71. The van der Waals surface area contributed by atoms with Crippen LogP contribution in [0.2, 0.25) is 0 Å². The largest absolute Gasteiger partial charge is 0.0824 e. The highest BCUT2D eigenvalue weighted by Crippen LogP contribution is 2.56. The molecule has 0 nitrogen and oxygen atoms in total. The summed E-state index contributed by atoms with van der Waals surface area (Å²) in [7, 11) is 0. The van der Waals surface area contributed by atoms with Crippen LogP contribution in [0.3, 0.4) is 0 Å². The third kappa shape index (κ3) is 1.66. The number of halogens is 1. The van der Waals surface area contributed by atoms with E-state index in [-0.39, 0.29) is 5.41 Å². The van der Waals surface area contributed by atoms with Gasteiger partial charge in [-0.3, -0.25) is 0 Å². The minimum Gasteiger partial charge on any atom is -0.0824 e. The third-order valence-electron chi connectivity index (χ3n) is 5.26. The topological polar surface area (TPSA) is 0 Å². The first kappa shape index (κ1) is 13.3. The van der Waals surface area contributed by atoms with Gasteiger partial charge in [-0.15, -0.1) is 0 Å². The highest BCUT2D eigenvalue weighted by molar-refractivity contribution is 9.10. The van der Waals surface area contributed by atoms with E-state index in [0.717, 1.165) is 10.9 Å². The molecule has 3 aromatic carbocycles. The van der Waals surface area contributed by atoms with Gasteiger partial charge in [0.05, 0.1) is 5.41 Å².